The van der Waals surface area contributed by atoms with Crippen molar-refractivity contribution in [2.45, 2.75) is 163 Å². The monoisotopic (exact) mass is 732 g/mol. The SMILES string of the molecule is CC(=O)OC1CC2C(=O)C=C3C(CCC4(C)C(C(C)(OC(C)=O)C(CCC(C)(C)OC(C)=O)OC(C)=O)CCC34OC(C)=O)C2(C)CC1OC(C)=O. The van der Waals surface area contributed by atoms with Gasteiger partial charge in [0.05, 0.1) is 0 Å². The van der Waals surface area contributed by atoms with Crippen LogP contribution in [0.25, 0.3) is 0 Å². The summed E-state index contributed by atoms with van der Waals surface area (Å²) in [6.45, 7) is 17.0. The molecule has 0 spiro atoms. The Bertz CT molecular complexity index is 1530. The van der Waals surface area contributed by atoms with Crippen molar-refractivity contribution < 1.29 is 62.0 Å². The Morgan fingerprint density at radius 3 is 1.90 bits per heavy atom. The van der Waals surface area contributed by atoms with Crippen molar-refractivity contribution in [1.82, 2.24) is 0 Å². The van der Waals surface area contributed by atoms with E-state index in [4.69, 9.17) is 28.4 Å². The number of ether oxygens (including phenoxy) is 6. The first-order valence-corrected chi connectivity index (χ1v) is 18.3. The second-order valence-electron chi connectivity index (χ2n) is 16.6. The van der Waals surface area contributed by atoms with Crippen LogP contribution in [0.1, 0.15) is 128 Å². The van der Waals surface area contributed by atoms with Gasteiger partial charge < -0.3 is 28.4 Å². The molecule has 3 saturated carbocycles. The number of ketones is 1. The molecule has 13 heteroatoms. The molecule has 10 atom stereocenters. The van der Waals surface area contributed by atoms with Crippen molar-refractivity contribution >= 4 is 41.6 Å². The van der Waals surface area contributed by atoms with Crippen LogP contribution in [-0.2, 0) is 62.0 Å². The Morgan fingerprint density at radius 2 is 1.37 bits per heavy atom. The quantitative estimate of drug-likeness (QED) is 0.198. The van der Waals surface area contributed by atoms with Crippen molar-refractivity contribution in [2.75, 3.05) is 0 Å². The summed E-state index contributed by atoms with van der Waals surface area (Å²) in [5.41, 5.74) is -4.63. The van der Waals surface area contributed by atoms with Gasteiger partial charge in [0.2, 0.25) is 0 Å². The maximum Gasteiger partial charge on any atom is 0.303 e. The van der Waals surface area contributed by atoms with Gasteiger partial charge in [-0.05, 0) is 95.1 Å². The third kappa shape index (κ3) is 7.64. The number of fused-ring (bicyclic) bond motifs is 5. The number of allylic oxidation sites excluding steroid dienone is 1. The highest BCUT2D eigenvalue weighted by molar-refractivity contribution is 5.95. The number of carbonyl (C=O) groups is 7. The van der Waals surface area contributed by atoms with Gasteiger partial charge in [-0.15, -0.1) is 0 Å². The Morgan fingerprint density at radius 1 is 0.769 bits per heavy atom. The molecule has 0 aromatic carbocycles. The fourth-order valence-corrected chi connectivity index (χ4v) is 10.6. The molecule has 0 bridgehead atoms. The van der Waals surface area contributed by atoms with Gasteiger partial charge >= 0.3 is 35.8 Å². The normalized spacial score (nSPS) is 34.1. The smallest absolute Gasteiger partial charge is 0.303 e. The average molecular weight is 733 g/mol. The highest BCUT2D eigenvalue weighted by Gasteiger charge is 2.72. The Balaban J connectivity index is 1.84. The van der Waals surface area contributed by atoms with E-state index in [1.54, 1.807) is 26.8 Å². The van der Waals surface area contributed by atoms with Gasteiger partial charge in [-0.1, -0.05) is 13.8 Å². The van der Waals surface area contributed by atoms with Gasteiger partial charge in [0, 0.05) is 58.8 Å². The Kier molecular flexibility index (Phi) is 11.5. The zero-order valence-corrected chi connectivity index (χ0v) is 32.5. The van der Waals surface area contributed by atoms with Crippen molar-refractivity contribution in [2.24, 2.45) is 28.6 Å². The van der Waals surface area contributed by atoms with Crippen molar-refractivity contribution in [1.29, 1.82) is 0 Å². The number of carbonyl (C=O) groups excluding carboxylic acids is 7. The molecule has 13 nitrogen and oxygen atoms in total. The minimum absolute atomic E-state index is 0.172. The van der Waals surface area contributed by atoms with E-state index in [1.165, 1.54) is 41.5 Å². The number of hydrogen-bond donors (Lipinski definition) is 0. The maximum atomic E-state index is 14.3. The van der Waals surface area contributed by atoms with Crippen LogP contribution in [0.3, 0.4) is 0 Å². The molecule has 290 valence electrons. The van der Waals surface area contributed by atoms with E-state index in [9.17, 15) is 33.6 Å². The van der Waals surface area contributed by atoms with Crippen LogP contribution < -0.4 is 0 Å². The molecule has 0 aromatic rings. The average Bonchev–Trinajstić information content (AvgIpc) is 3.27. The van der Waals surface area contributed by atoms with Crippen LogP contribution in [0.4, 0.5) is 0 Å². The van der Waals surface area contributed by atoms with E-state index in [-0.39, 0.29) is 37.4 Å². The molecule has 0 saturated heterocycles. The lowest BCUT2D eigenvalue weighted by atomic mass is 9.45. The predicted molar refractivity (Wildman–Crippen MR) is 184 cm³/mol. The predicted octanol–water partition coefficient (Wildman–Crippen LogP) is 5.28. The van der Waals surface area contributed by atoms with E-state index in [0.717, 1.165) is 0 Å². The van der Waals surface area contributed by atoms with Gasteiger partial charge in [0.15, 0.2) is 5.78 Å². The molecule has 0 heterocycles. The summed E-state index contributed by atoms with van der Waals surface area (Å²) < 4.78 is 35.4. The van der Waals surface area contributed by atoms with Gasteiger partial charge in [-0.2, -0.15) is 0 Å². The van der Waals surface area contributed by atoms with Gasteiger partial charge in [-0.3, -0.25) is 33.6 Å². The minimum atomic E-state index is -1.43. The number of esters is 6. The van der Waals surface area contributed by atoms with Crippen molar-refractivity contribution in [3.05, 3.63) is 11.6 Å². The summed E-state index contributed by atoms with van der Waals surface area (Å²) in [5.74, 6) is -4.80. The molecule has 0 aromatic heterocycles. The highest BCUT2D eigenvalue weighted by Crippen LogP contribution is 2.70. The molecule has 0 aliphatic heterocycles. The second kappa shape index (κ2) is 14.6. The molecule has 3 fully saturated rings. The van der Waals surface area contributed by atoms with E-state index in [0.29, 0.717) is 31.3 Å². The van der Waals surface area contributed by atoms with Gasteiger partial charge in [0.1, 0.15) is 35.1 Å². The summed E-state index contributed by atoms with van der Waals surface area (Å²) in [7, 11) is 0. The Labute approximate surface area is 306 Å². The van der Waals surface area contributed by atoms with Gasteiger partial charge in [-0.25, -0.2) is 0 Å². The fraction of sp³-hybridized carbons (Fsp3) is 0.769. The summed E-state index contributed by atoms with van der Waals surface area (Å²) in [4.78, 5) is 89.0. The van der Waals surface area contributed by atoms with Crippen LogP contribution in [0.2, 0.25) is 0 Å². The lowest BCUT2D eigenvalue weighted by Gasteiger charge is -2.61. The van der Waals surface area contributed by atoms with Crippen LogP contribution >= 0.6 is 0 Å². The Hall–Kier alpha value is -3.77. The molecular weight excluding hydrogens is 676 g/mol. The third-order valence-electron chi connectivity index (χ3n) is 12.4. The molecule has 0 N–H and O–H groups in total. The van der Waals surface area contributed by atoms with Crippen molar-refractivity contribution in [3.63, 3.8) is 0 Å². The first-order chi connectivity index (χ1) is 23.9. The van der Waals surface area contributed by atoms with Gasteiger partial charge in [0.25, 0.3) is 0 Å². The van der Waals surface area contributed by atoms with E-state index in [2.05, 4.69) is 0 Å². The van der Waals surface area contributed by atoms with Crippen LogP contribution in [-0.4, -0.2) is 76.7 Å². The molecule has 4 rings (SSSR count). The third-order valence-corrected chi connectivity index (χ3v) is 12.4. The maximum absolute atomic E-state index is 14.3. The first kappa shape index (κ1) is 41.0. The largest absolute Gasteiger partial charge is 0.460 e. The molecule has 10 unspecified atom stereocenters. The summed E-state index contributed by atoms with van der Waals surface area (Å²) in [6, 6.07) is 0. The van der Waals surface area contributed by atoms with E-state index < -0.39 is 93.6 Å². The standard InChI is InChI=1S/C39H56O13/c1-21(40)47-31-19-29-30(46)18-28-27(36(29,9)20-32(31)48-22(2)41)12-16-37(10)33(13-17-39(28,37)52-26(6)45)38(11,51-25(5)44)34(49-23(3)42)14-15-35(7,8)50-24(4)43/h18,27,29,31-34H,12-17,19-20H2,1-11H3. The number of hydrogen-bond acceptors (Lipinski definition) is 13. The zero-order valence-electron chi connectivity index (χ0n) is 32.5. The van der Waals surface area contributed by atoms with Crippen LogP contribution in [0.15, 0.2) is 11.6 Å². The lowest BCUT2D eigenvalue weighted by Crippen LogP contribution is -2.64. The molecular formula is C39H56O13. The highest BCUT2D eigenvalue weighted by atomic mass is 16.6. The van der Waals surface area contributed by atoms with Crippen LogP contribution in [0, 0.1) is 28.6 Å². The first-order valence-electron chi connectivity index (χ1n) is 18.3. The summed E-state index contributed by atoms with van der Waals surface area (Å²) in [6.07, 6.45) is 1.67. The minimum Gasteiger partial charge on any atom is -0.460 e. The molecule has 0 amide bonds. The summed E-state index contributed by atoms with van der Waals surface area (Å²) >= 11 is 0. The molecule has 52 heavy (non-hydrogen) atoms. The summed E-state index contributed by atoms with van der Waals surface area (Å²) in [5, 5.41) is 0. The second-order valence-corrected chi connectivity index (χ2v) is 16.6. The van der Waals surface area contributed by atoms with Crippen molar-refractivity contribution in [3.8, 4) is 0 Å². The van der Waals surface area contributed by atoms with Crippen LogP contribution in [0.5, 0.6) is 0 Å². The number of rotatable bonds is 11. The topological polar surface area (TPSA) is 175 Å². The van der Waals surface area contributed by atoms with E-state index >= 15 is 0 Å². The van der Waals surface area contributed by atoms with E-state index in [1.807, 2.05) is 13.8 Å². The zero-order chi connectivity index (χ0) is 39.2. The molecule has 0 radical (unpaired) electrons. The molecule has 4 aliphatic carbocycles. The molecule has 4 aliphatic rings. The lowest BCUT2D eigenvalue weighted by molar-refractivity contribution is -0.217. The fourth-order valence-electron chi connectivity index (χ4n) is 10.6.